The molecule has 1 N–H and O–H groups in total. The van der Waals surface area contributed by atoms with Crippen LogP contribution in [0.4, 0.5) is 0 Å². The lowest BCUT2D eigenvalue weighted by Crippen LogP contribution is -2.01. The van der Waals surface area contributed by atoms with Gasteiger partial charge >= 0.3 is 5.97 Å². The molecule has 16 heavy (non-hydrogen) atoms. The number of hydrogen-bond acceptors (Lipinski definition) is 5. The van der Waals surface area contributed by atoms with Crippen molar-refractivity contribution in [2.45, 2.75) is 0 Å². The highest BCUT2D eigenvalue weighted by Gasteiger charge is 2.29. The summed E-state index contributed by atoms with van der Waals surface area (Å²) in [5.74, 6) is -0.0451. The first-order chi connectivity index (χ1) is 7.69. The molecule has 0 fully saturated rings. The Bertz CT molecular complexity index is 439. The Hall–Kier alpha value is -2.11. The van der Waals surface area contributed by atoms with Gasteiger partial charge in [0, 0.05) is 6.07 Å². The van der Waals surface area contributed by atoms with Crippen LogP contribution in [0.2, 0.25) is 0 Å². The Morgan fingerprint density at radius 3 is 2.56 bits per heavy atom. The van der Waals surface area contributed by atoms with Crippen molar-refractivity contribution in [3.8, 4) is 23.0 Å². The number of carboxylic acid groups (broad SMARTS) is 1. The molecule has 0 unspecified atom stereocenters. The van der Waals surface area contributed by atoms with Crippen LogP contribution in [0, 0.1) is 0 Å². The van der Waals surface area contributed by atoms with Gasteiger partial charge in [-0.3, -0.25) is 0 Å². The van der Waals surface area contributed by atoms with Crippen molar-refractivity contribution in [2.24, 2.45) is 0 Å². The van der Waals surface area contributed by atoms with Crippen molar-refractivity contribution < 1.29 is 28.8 Å². The number of methoxy groups -OCH3 is 2. The van der Waals surface area contributed by atoms with Gasteiger partial charge in [-0.05, 0) is 0 Å². The monoisotopic (exact) mass is 226 g/mol. The molecular formula is C10H10O6. The Morgan fingerprint density at radius 1 is 1.31 bits per heavy atom. The van der Waals surface area contributed by atoms with Gasteiger partial charge < -0.3 is 24.1 Å². The highest BCUT2D eigenvalue weighted by Crippen LogP contribution is 2.49. The molecule has 6 heteroatoms. The van der Waals surface area contributed by atoms with Gasteiger partial charge in [-0.1, -0.05) is 0 Å². The maximum absolute atomic E-state index is 11.0. The van der Waals surface area contributed by atoms with E-state index in [9.17, 15) is 4.79 Å². The Balaban J connectivity index is 2.67. The number of carboxylic acids is 1. The first kappa shape index (κ1) is 10.4. The lowest BCUT2D eigenvalue weighted by molar-refractivity contribution is 0.0691. The third-order valence-electron chi connectivity index (χ3n) is 2.22. The fourth-order valence-corrected chi connectivity index (χ4v) is 1.52. The average Bonchev–Trinajstić information content (AvgIpc) is 2.74. The van der Waals surface area contributed by atoms with E-state index < -0.39 is 5.97 Å². The first-order valence-corrected chi connectivity index (χ1v) is 4.47. The molecular weight excluding hydrogens is 216 g/mol. The molecule has 86 valence electrons. The van der Waals surface area contributed by atoms with E-state index in [0.29, 0.717) is 11.5 Å². The van der Waals surface area contributed by atoms with E-state index in [-0.39, 0.29) is 23.9 Å². The molecule has 0 spiro atoms. The highest BCUT2D eigenvalue weighted by molar-refractivity contribution is 5.94. The fraction of sp³-hybridized carbons (Fsp3) is 0.300. The van der Waals surface area contributed by atoms with Crippen molar-refractivity contribution in [1.29, 1.82) is 0 Å². The van der Waals surface area contributed by atoms with Crippen molar-refractivity contribution in [1.82, 2.24) is 0 Å². The summed E-state index contributed by atoms with van der Waals surface area (Å²) in [4.78, 5) is 11.0. The van der Waals surface area contributed by atoms with E-state index in [1.165, 1.54) is 20.3 Å². The zero-order valence-corrected chi connectivity index (χ0v) is 8.77. The molecule has 0 saturated heterocycles. The van der Waals surface area contributed by atoms with Crippen LogP contribution in [0.3, 0.4) is 0 Å². The molecule has 2 rings (SSSR count). The van der Waals surface area contributed by atoms with Gasteiger partial charge in [0.15, 0.2) is 11.5 Å². The van der Waals surface area contributed by atoms with Crippen LogP contribution in [0.5, 0.6) is 23.0 Å². The molecule has 0 radical (unpaired) electrons. The van der Waals surface area contributed by atoms with Crippen LogP contribution in [0.15, 0.2) is 6.07 Å². The summed E-state index contributed by atoms with van der Waals surface area (Å²) in [6.07, 6.45) is 0. The number of fused-ring (bicyclic) bond motifs is 1. The second-order valence-electron chi connectivity index (χ2n) is 3.03. The summed E-state index contributed by atoms with van der Waals surface area (Å²) < 4.78 is 20.4. The normalized spacial score (nSPS) is 12.4. The van der Waals surface area contributed by atoms with Gasteiger partial charge in [0.05, 0.1) is 14.2 Å². The highest BCUT2D eigenvalue weighted by atomic mass is 16.7. The molecule has 1 heterocycles. The molecule has 0 atom stereocenters. The van der Waals surface area contributed by atoms with Crippen molar-refractivity contribution in [3.63, 3.8) is 0 Å². The number of benzene rings is 1. The summed E-state index contributed by atoms with van der Waals surface area (Å²) in [7, 11) is 2.87. The number of ether oxygens (including phenoxy) is 4. The van der Waals surface area contributed by atoms with Crippen molar-refractivity contribution in [3.05, 3.63) is 11.6 Å². The number of rotatable bonds is 3. The molecule has 0 bridgehead atoms. The zero-order valence-electron chi connectivity index (χ0n) is 8.77. The third-order valence-corrected chi connectivity index (χ3v) is 2.22. The van der Waals surface area contributed by atoms with Crippen molar-refractivity contribution in [2.75, 3.05) is 21.0 Å². The summed E-state index contributed by atoms with van der Waals surface area (Å²) in [6, 6.07) is 1.34. The van der Waals surface area contributed by atoms with E-state index in [4.69, 9.17) is 24.1 Å². The molecule has 0 aromatic heterocycles. The second kappa shape index (κ2) is 3.80. The van der Waals surface area contributed by atoms with Gasteiger partial charge in [-0.15, -0.1) is 0 Å². The van der Waals surface area contributed by atoms with E-state index in [1.54, 1.807) is 0 Å². The van der Waals surface area contributed by atoms with Crippen LogP contribution in [0.25, 0.3) is 0 Å². The summed E-state index contributed by atoms with van der Waals surface area (Å²) in [5, 5.41) is 9.00. The maximum atomic E-state index is 11.0. The van der Waals surface area contributed by atoms with Gasteiger partial charge in [0.1, 0.15) is 5.56 Å². The Morgan fingerprint density at radius 2 is 2.00 bits per heavy atom. The molecule has 6 nitrogen and oxygen atoms in total. The largest absolute Gasteiger partial charge is 0.493 e. The van der Waals surface area contributed by atoms with Gasteiger partial charge in [0.25, 0.3) is 0 Å². The predicted octanol–water partition coefficient (Wildman–Crippen LogP) is 1.13. The maximum Gasteiger partial charge on any atom is 0.339 e. The minimum absolute atomic E-state index is 0.00912. The quantitative estimate of drug-likeness (QED) is 0.832. The molecule has 0 saturated carbocycles. The van der Waals surface area contributed by atoms with Crippen molar-refractivity contribution >= 4 is 5.97 Å². The smallest absolute Gasteiger partial charge is 0.339 e. The number of hydrogen-bond donors (Lipinski definition) is 1. The summed E-state index contributed by atoms with van der Waals surface area (Å²) in [6.45, 7) is -0.0286. The second-order valence-corrected chi connectivity index (χ2v) is 3.03. The van der Waals surface area contributed by atoms with Gasteiger partial charge in [0.2, 0.25) is 18.3 Å². The van der Waals surface area contributed by atoms with Gasteiger partial charge in [-0.25, -0.2) is 4.79 Å². The lowest BCUT2D eigenvalue weighted by Gasteiger charge is -2.11. The van der Waals surface area contributed by atoms with Crippen LogP contribution < -0.4 is 18.9 Å². The fourth-order valence-electron chi connectivity index (χ4n) is 1.52. The average molecular weight is 226 g/mol. The molecule has 1 aromatic carbocycles. The topological polar surface area (TPSA) is 74.2 Å². The summed E-state index contributed by atoms with van der Waals surface area (Å²) >= 11 is 0. The number of aromatic carboxylic acids is 1. The zero-order chi connectivity index (χ0) is 11.7. The first-order valence-electron chi connectivity index (χ1n) is 4.47. The van der Waals surface area contributed by atoms with E-state index >= 15 is 0 Å². The Labute approximate surface area is 91.3 Å². The van der Waals surface area contributed by atoms with E-state index in [1.807, 2.05) is 0 Å². The van der Waals surface area contributed by atoms with E-state index in [0.717, 1.165) is 0 Å². The van der Waals surface area contributed by atoms with Crippen LogP contribution >= 0.6 is 0 Å². The summed E-state index contributed by atoms with van der Waals surface area (Å²) in [5.41, 5.74) is -0.00912. The standard InChI is InChI=1S/C10H10O6/c1-13-6-3-5(10(11)12)7-9(8(6)14-2)16-4-15-7/h3H,4H2,1-2H3,(H,11,12). The third kappa shape index (κ3) is 1.39. The minimum atomic E-state index is -1.11. The van der Waals surface area contributed by atoms with Crippen LogP contribution in [0.1, 0.15) is 10.4 Å². The molecule has 1 aliphatic rings. The molecule has 1 aromatic rings. The minimum Gasteiger partial charge on any atom is -0.493 e. The molecule has 0 aliphatic carbocycles. The predicted molar refractivity (Wildman–Crippen MR) is 52.6 cm³/mol. The van der Waals surface area contributed by atoms with Crippen LogP contribution in [-0.4, -0.2) is 32.1 Å². The molecule has 1 aliphatic heterocycles. The van der Waals surface area contributed by atoms with Crippen LogP contribution in [-0.2, 0) is 0 Å². The molecule has 0 amide bonds. The number of carbonyl (C=O) groups is 1. The Kier molecular flexibility index (Phi) is 2.47. The van der Waals surface area contributed by atoms with Gasteiger partial charge in [-0.2, -0.15) is 0 Å². The SMILES string of the molecule is COc1cc(C(=O)O)c2c(c1OC)OCO2. The van der Waals surface area contributed by atoms with E-state index in [2.05, 4.69) is 0 Å². The lowest BCUT2D eigenvalue weighted by atomic mass is 10.1.